The molecule has 1 amide bonds. The summed E-state index contributed by atoms with van der Waals surface area (Å²) in [5.41, 5.74) is 3.16. The van der Waals surface area contributed by atoms with E-state index in [2.05, 4.69) is 19.1 Å². The number of nitrogens with zero attached hydrogens (tertiary/aromatic N) is 2. The number of thiazole rings is 1. The second-order valence-corrected chi connectivity index (χ2v) is 8.30. The standard InChI is InChI=1S/C23H20N2O4S/c1-14-10-15(2)21-20(11-14)30-23(24-21)25(12-16-6-5-9-27-16)22(26)19-13-28-17-7-3-4-8-18(17)29-19/h3-11,19H,12-13H2,1-2H3. The molecule has 3 heterocycles. The Hall–Kier alpha value is -3.32. The average molecular weight is 420 g/mol. The first-order valence-electron chi connectivity index (χ1n) is 9.68. The van der Waals surface area contributed by atoms with Crippen LogP contribution in [0.5, 0.6) is 11.5 Å². The fraction of sp³-hybridized carbons (Fsp3) is 0.217. The summed E-state index contributed by atoms with van der Waals surface area (Å²) in [6.45, 7) is 4.51. The summed E-state index contributed by atoms with van der Waals surface area (Å²) < 4.78 is 18.3. The third-order valence-electron chi connectivity index (χ3n) is 4.99. The molecule has 152 valence electrons. The van der Waals surface area contributed by atoms with Gasteiger partial charge in [-0.05, 0) is 55.3 Å². The summed E-state index contributed by atoms with van der Waals surface area (Å²) in [5.74, 6) is 1.67. The monoisotopic (exact) mass is 420 g/mol. The van der Waals surface area contributed by atoms with Gasteiger partial charge in [0.1, 0.15) is 12.4 Å². The maximum atomic E-state index is 13.5. The van der Waals surface area contributed by atoms with E-state index in [1.165, 1.54) is 16.9 Å². The van der Waals surface area contributed by atoms with Gasteiger partial charge in [-0.25, -0.2) is 4.98 Å². The number of aromatic nitrogens is 1. The van der Waals surface area contributed by atoms with Gasteiger partial charge >= 0.3 is 0 Å². The molecule has 0 saturated heterocycles. The summed E-state index contributed by atoms with van der Waals surface area (Å²) in [5, 5.41) is 0.613. The highest BCUT2D eigenvalue weighted by Crippen LogP contribution is 2.35. The number of rotatable bonds is 4. The lowest BCUT2D eigenvalue weighted by molar-refractivity contribution is -0.127. The third kappa shape index (κ3) is 3.41. The summed E-state index contributed by atoms with van der Waals surface area (Å²) in [7, 11) is 0. The Bertz CT molecular complexity index is 1220. The number of benzene rings is 2. The lowest BCUT2D eigenvalue weighted by atomic mass is 10.1. The fourth-order valence-corrected chi connectivity index (χ4v) is 4.73. The van der Waals surface area contributed by atoms with E-state index in [4.69, 9.17) is 18.9 Å². The van der Waals surface area contributed by atoms with Crippen LogP contribution in [0.3, 0.4) is 0 Å². The Kier molecular flexibility index (Phi) is 4.67. The van der Waals surface area contributed by atoms with Crippen molar-refractivity contribution in [2.45, 2.75) is 26.5 Å². The van der Waals surface area contributed by atoms with E-state index >= 15 is 0 Å². The minimum atomic E-state index is -0.760. The topological polar surface area (TPSA) is 64.8 Å². The first kappa shape index (κ1) is 18.7. The van der Waals surface area contributed by atoms with Crippen molar-refractivity contribution in [1.29, 1.82) is 0 Å². The summed E-state index contributed by atoms with van der Waals surface area (Å²) >= 11 is 1.49. The minimum Gasteiger partial charge on any atom is -0.485 e. The molecule has 2 aromatic carbocycles. The second kappa shape index (κ2) is 7.50. The zero-order valence-corrected chi connectivity index (χ0v) is 17.4. The number of furan rings is 1. The molecule has 6 nitrogen and oxygen atoms in total. The number of aryl methyl sites for hydroxylation is 2. The Morgan fingerprint density at radius 2 is 2.00 bits per heavy atom. The molecule has 0 radical (unpaired) electrons. The molecule has 7 heteroatoms. The number of ether oxygens (including phenoxy) is 2. The highest BCUT2D eigenvalue weighted by Gasteiger charge is 2.33. The van der Waals surface area contributed by atoms with Crippen molar-refractivity contribution in [1.82, 2.24) is 4.98 Å². The SMILES string of the molecule is Cc1cc(C)c2nc(N(Cc3ccco3)C(=O)C3COc4ccccc4O3)sc2c1. The maximum absolute atomic E-state index is 13.5. The van der Waals surface area contributed by atoms with Gasteiger partial charge < -0.3 is 13.9 Å². The van der Waals surface area contributed by atoms with E-state index in [0.717, 1.165) is 15.8 Å². The number of anilines is 1. The number of amides is 1. The normalized spacial score (nSPS) is 15.3. The summed E-state index contributed by atoms with van der Waals surface area (Å²) in [4.78, 5) is 19.9. The number of hydrogen-bond acceptors (Lipinski definition) is 6. The summed E-state index contributed by atoms with van der Waals surface area (Å²) in [6, 6.07) is 15.2. The number of carbonyl (C=O) groups excluding carboxylic acids is 1. The smallest absolute Gasteiger partial charge is 0.273 e. The highest BCUT2D eigenvalue weighted by atomic mass is 32.1. The van der Waals surface area contributed by atoms with Crippen LogP contribution in [0, 0.1) is 13.8 Å². The van der Waals surface area contributed by atoms with Gasteiger partial charge in [0.25, 0.3) is 5.91 Å². The van der Waals surface area contributed by atoms with E-state index in [9.17, 15) is 4.79 Å². The van der Waals surface area contributed by atoms with Crippen molar-refractivity contribution in [2.24, 2.45) is 0 Å². The van der Waals surface area contributed by atoms with E-state index in [0.29, 0.717) is 22.4 Å². The lowest BCUT2D eigenvalue weighted by Gasteiger charge is -2.29. The van der Waals surface area contributed by atoms with Crippen molar-refractivity contribution < 1.29 is 18.7 Å². The molecule has 0 aliphatic carbocycles. The quantitative estimate of drug-likeness (QED) is 0.471. The Balaban J connectivity index is 1.51. The van der Waals surface area contributed by atoms with Crippen molar-refractivity contribution in [3.63, 3.8) is 0 Å². The predicted octanol–water partition coefficient (Wildman–Crippen LogP) is 4.88. The summed E-state index contributed by atoms with van der Waals surface area (Å²) in [6.07, 6.45) is 0.838. The zero-order chi connectivity index (χ0) is 20.7. The van der Waals surface area contributed by atoms with E-state index in [-0.39, 0.29) is 19.1 Å². The van der Waals surface area contributed by atoms with Crippen molar-refractivity contribution in [3.8, 4) is 11.5 Å². The van der Waals surface area contributed by atoms with Crippen LogP contribution < -0.4 is 14.4 Å². The predicted molar refractivity (Wildman–Crippen MR) is 115 cm³/mol. The Morgan fingerprint density at radius 3 is 2.80 bits per heavy atom. The third-order valence-corrected chi connectivity index (χ3v) is 6.02. The number of carbonyl (C=O) groups is 1. The largest absolute Gasteiger partial charge is 0.485 e. The zero-order valence-electron chi connectivity index (χ0n) is 16.6. The van der Waals surface area contributed by atoms with E-state index in [1.807, 2.05) is 31.2 Å². The van der Waals surface area contributed by atoms with Crippen molar-refractivity contribution in [3.05, 3.63) is 71.7 Å². The molecule has 1 aliphatic heterocycles. The van der Waals surface area contributed by atoms with E-state index < -0.39 is 6.10 Å². The van der Waals surface area contributed by atoms with Crippen LogP contribution in [0.15, 0.2) is 59.2 Å². The van der Waals surface area contributed by atoms with Gasteiger partial charge in [-0.3, -0.25) is 9.69 Å². The van der Waals surface area contributed by atoms with Crippen LogP contribution in [-0.4, -0.2) is 23.6 Å². The van der Waals surface area contributed by atoms with Gasteiger partial charge in [0.2, 0.25) is 6.10 Å². The molecule has 1 atom stereocenters. The molecule has 0 spiro atoms. The molecule has 4 aromatic rings. The average Bonchev–Trinajstić information content (AvgIpc) is 3.41. The Labute approximate surface area is 177 Å². The molecule has 30 heavy (non-hydrogen) atoms. The van der Waals surface area contributed by atoms with Crippen LogP contribution >= 0.6 is 11.3 Å². The van der Waals surface area contributed by atoms with Gasteiger partial charge in [-0.2, -0.15) is 0 Å². The number of para-hydroxylation sites is 2. The number of fused-ring (bicyclic) bond motifs is 2. The van der Waals surface area contributed by atoms with Gasteiger partial charge in [0, 0.05) is 0 Å². The molecular weight excluding hydrogens is 400 g/mol. The molecular formula is C23H20N2O4S. The molecule has 2 aromatic heterocycles. The second-order valence-electron chi connectivity index (χ2n) is 7.29. The molecule has 0 N–H and O–H groups in total. The van der Waals surface area contributed by atoms with Crippen molar-refractivity contribution >= 4 is 32.6 Å². The first-order valence-corrected chi connectivity index (χ1v) is 10.5. The van der Waals surface area contributed by atoms with Crippen LogP contribution in [0.25, 0.3) is 10.2 Å². The van der Waals surface area contributed by atoms with Crippen LogP contribution in [-0.2, 0) is 11.3 Å². The first-order chi connectivity index (χ1) is 14.6. The molecule has 5 rings (SSSR count). The fourth-order valence-electron chi connectivity index (χ4n) is 3.59. The molecule has 1 aliphatic rings. The van der Waals surface area contributed by atoms with Gasteiger partial charge in [-0.15, -0.1) is 0 Å². The lowest BCUT2D eigenvalue weighted by Crippen LogP contribution is -2.46. The van der Waals surface area contributed by atoms with Gasteiger partial charge in [0.15, 0.2) is 16.6 Å². The van der Waals surface area contributed by atoms with Crippen LogP contribution in [0.2, 0.25) is 0 Å². The number of hydrogen-bond donors (Lipinski definition) is 0. The van der Waals surface area contributed by atoms with Gasteiger partial charge in [-0.1, -0.05) is 29.5 Å². The van der Waals surface area contributed by atoms with Crippen molar-refractivity contribution in [2.75, 3.05) is 11.5 Å². The molecule has 0 saturated carbocycles. The molecule has 0 bridgehead atoms. The molecule has 0 fully saturated rings. The Morgan fingerprint density at radius 1 is 1.17 bits per heavy atom. The highest BCUT2D eigenvalue weighted by molar-refractivity contribution is 7.22. The van der Waals surface area contributed by atoms with Crippen LogP contribution in [0.1, 0.15) is 16.9 Å². The van der Waals surface area contributed by atoms with Crippen LogP contribution in [0.4, 0.5) is 5.13 Å². The van der Waals surface area contributed by atoms with E-state index in [1.54, 1.807) is 23.3 Å². The van der Waals surface area contributed by atoms with Gasteiger partial charge in [0.05, 0.1) is 23.0 Å². The minimum absolute atomic E-state index is 0.146. The molecule has 1 unspecified atom stereocenters. The maximum Gasteiger partial charge on any atom is 0.273 e.